The van der Waals surface area contributed by atoms with Crippen LogP contribution in [0.25, 0.3) is 0 Å². The first kappa shape index (κ1) is 18.7. The van der Waals surface area contributed by atoms with Crippen LogP contribution in [0.4, 0.5) is 5.82 Å². The van der Waals surface area contributed by atoms with Gasteiger partial charge in [-0.3, -0.25) is 4.79 Å². The minimum Gasteiger partial charge on any atom is -0.357 e. The average Bonchev–Trinajstić information content (AvgIpc) is 2.69. The van der Waals surface area contributed by atoms with Gasteiger partial charge in [-0.25, -0.2) is 4.98 Å². The Kier molecular flexibility index (Phi) is 6.10. The summed E-state index contributed by atoms with van der Waals surface area (Å²) in [6, 6.07) is 6.12. The minimum atomic E-state index is 0.319. The van der Waals surface area contributed by atoms with Crippen LogP contribution in [0.1, 0.15) is 37.4 Å². The van der Waals surface area contributed by atoms with Crippen LogP contribution in [0.2, 0.25) is 0 Å². The maximum atomic E-state index is 12.6. The van der Waals surface area contributed by atoms with Crippen molar-refractivity contribution in [2.45, 2.75) is 33.1 Å². The summed E-state index contributed by atoms with van der Waals surface area (Å²) in [5.74, 6) is 1.66. The molecule has 6 nitrogen and oxygen atoms in total. The summed E-state index contributed by atoms with van der Waals surface area (Å²) in [6.07, 6.45) is 2.70. The summed E-state index contributed by atoms with van der Waals surface area (Å²) < 4.78 is 0. The molecule has 0 N–H and O–H groups in total. The number of hydrogen-bond acceptors (Lipinski definition) is 5. The van der Waals surface area contributed by atoms with Gasteiger partial charge in [0.1, 0.15) is 17.6 Å². The van der Waals surface area contributed by atoms with Crippen molar-refractivity contribution in [3.8, 4) is 6.07 Å². The molecule has 2 fully saturated rings. The highest BCUT2D eigenvalue weighted by Gasteiger charge is 2.26. The number of aryl methyl sites for hydroxylation is 1. The summed E-state index contributed by atoms with van der Waals surface area (Å²) in [4.78, 5) is 23.7. The molecule has 6 heteroatoms. The van der Waals surface area contributed by atoms with Gasteiger partial charge in [-0.1, -0.05) is 13.0 Å². The molecule has 0 bridgehead atoms. The standard InChI is InChI=1S/C20H29N5O/c1-3-23-10-12-25(13-11-23)20(26)14-17-6-8-24(9-7-17)19-5-4-16(2)18(15-21)22-19/h4-5,17H,3,6-14H2,1-2H3. The third kappa shape index (κ3) is 4.34. The van der Waals surface area contributed by atoms with Crippen molar-refractivity contribution < 1.29 is 4.79 Å². The van der Waals surface area contributed by atoms with Gasteiger partial charge in [-0.05, 0) is 43.9 Å². The number of amides is 1. The van der Waals surface area contributed by atoms with E-state index in [2.05, 4.69) is 27.8 Å². The topological polar surface area (TPSA) is 63.5 Å². The van der Waals surface area contributed by atoms with E-state index >= 15 is 0 Å². The van der Waals surface area contributed by atoms with E-state index < -0.39 is 0 Å². The van der Waals surface area contributed by atoms with Crippen molar-refractivity contribution in [3.05, 3.63) is 23.4 Å². The molecule has 2 aliphatic heterocycles. The van der Waals surface area contributed by atoms with E-state index in [1.807, 2.05) is 24.0 Å². The predicted molar refractivity (Wildman–Crippen MR) is 102 cm³/mol. The molecule has 2 saturated heterocycles. The number of hydrogen-bond donors (Lipinski definition) is 0. The van der Waals surface area contributed by atoms with Crippen LogP contribution >= 0.6 is 0 Å². The molecule has 26 heavy (non-hydrogen) atoms. The predicted octanol–water partition coefficient (Wildman–Crippen LogP) is 2.03. The smallest absolute Gasteiger partial charge is 0.222 e. The van der Waals surface area contributed by atoms with Crippen LogP contribution in [0.3, 0.4) is 0 Å². The van der Waals surface area contributed by atoms with Crippen LogP contribution in [0.15, 0.2) is 12.1 Å². The molecule has 140 valence electrons. The monoisotopic (exact) mass is 355 g/mol. The lowest BCUT2D eigenvalue weighted by molar-refractivity contribution is -0.134. The summed E-state index contributed by atoms with van der Waals surface area (Å²) in [5, 5.41) is 9.16. The fraction of sp³-hybridized carbons (Fsp3) is 0.650. The first-order chi connectivity index (χ1) is 12.6. The van der Waals surface area contributed by atoms with Crippen molar-refractivity contribution in [3.63, 3.8) is 0 Å². The average molecular weight is 355 g/mol. The Morgan fingerprint density at radius 3 is 2.50 bits per heavy atom. The van der Waals surface area contributed by atoms with Gasteiger partial charge < -0.3 is 14.7 Å². The van der Waals surface area contributed by atoms with Crippen LogP contribution in [0.5, 0.6) is 0 Å². The van der Waals surface area contributed by atoms with Gasteiger partial charge in [0.25, 0.3) is 0 Å². The maximum Gasteiger partial charge on any atom is 0.222 e. The minimum absolute atomic E-state index is 0.319. The Balaban J connectivity index is 1.48. The molecule has 2 aliphatic rings. The third-order valence-electron chi connectivity index (χ3n) is 5.76. The number of anilines is 1. The van der Waals surface area contributed by atoms with Gasteiger partial charge in [0.05, 0.1) is 0 Å². The molecule has 0 atom stereocenters. The number of carbonyl (C=O) groups excluding carboxylic acids is 1. The third-order valence-corrected chi connectivity index (χ3v) is 5.76. The molecular weight excluding hydrogens is 326 g/mol. The van der Waals surface area contributed by atoms with E-state index in [1.54, 1.807) is 0 Å². The number of carbonyl (C=O) groups is 1. The molecule has 3 heterocycles. The molecule has 0 aliphatic carbocycles. The fourth-order valence-corrected chi connectivity index (χ4v) is 3.86. The van der Waals surface area contributed by atoms with Crippen LogP contribution in [-0.4, -0.2) is 66.5 Å². The zero-order valence-corrected chi connectivity index (χ0v) is 15.9. The molecule has 3 rings (SSSR count). The molecular formula is C20H29N5O. The highest BCUT2D eigenvalue weighted by Crippen LogP contribution is 2.25. The number of pyridine rings is 1. The van der Waals surface area contributed by atoms with E-state index in [9.17, 15) is 4.79 Å². The lowest BCUT2D eigenvalue weighted by Gasteiger charge is -2.36. The zero-order valence-electron chi connectivity index (χ0n) is 15.9. The van der Waals surface area contributed by atoms with Gasteiger partial charge in [-0.2, -0.15) is 5.26 Å². The summed E-state index contributed by atoms with van der Waals surface area (Å²) in [5.41, 5.74) is 1.42. The van der Waals surface area contributed by atoms with Crippen molar-refractivity contribution in [2.75, 3.05) is 50.7 Å². The normalized spacial score (nSPS) is 19.4. The first-order valence-electron chi connectivity index (χ1n) is 9.73. The zero-order chi connectivity index (χ0) is 18.5. The lowest BCUT2D eigenvalue weighted by atomic mass is 9.93. The van der Waals surface area contributed by atoms with Gasteiger partial charge in [0.2, 0.25) is 5.91 Å². The maximum absolute atomic E-state index is 12.6. The van der Waals surface area contributed by atoms with Crippen molar-refractivity contribution >= 4 is 11.7 Å². The van der Waals surface area contributed by atoms with E-state index in [-0.39, 0.29) is 0 Å². The molecule has 0 unspecified atom stereocenters. The summed E-state index contributed by atoms with van der Waals surface area (Å²) >= 11 is 0. The number of rotatable bonds is 4. The number of likely N-dealkylation sites (N-methyl/N-ethyl adjacent to an activating group) is 1. The number of piperidine rings is 1. The van der Waals surface area contributed by atoms with Gasteiger partial charge in [0, 0.05) is 45.7 Å². The number of nitrogens with zero attached hydrogens (tertiary/aromatic N) is 5. The second-order valence-electron chi connectivity index (χ2n) is 7.40. The first-order valence-corrected chi connectivity index (χ1v) is 9.73. The molecule has 1 aromatic heterocycles. The summed E-state index contributed by atoms with van der Waals surface area (Å²) in [6.45, 7) is 10.7. The highest BCUT2D eigenvalue weighted by atomic mass is 16.2. The highest BCUT2D eigenvalue weighted by molar-refractivity contribution is 5.76. The Labute approximate surface area is 156 Å². The van der Waals surface area contributed by atoms with Crippen LogP contribution in [0, 0.1) is 24.2 Å². The molecule has 0 aromatic carbocycles. The fourth-order valence-electron chi connectivity index (χ4n) is 3.86. The molecule has 1 aromatic rings. The van der Waals surface area contributed by atoms with Crippen LogP contribution < -0.4 is 4.90 Å². The SMILES string of the molecule is CCN1CCN(C(=O)CC2CCN(c3ccc(C)c(C#N)n3)CC2)CC1. The Bertz CT molecular complexity index is 667. The number of aromatic nitrogens is 1. The Hall–Kier alpha value is -2.13. The second-order valence-corrected chi connectivity index (χ2v) is 7.40. The van der Waals surface area contributed by atoms with Gasteiger partial charge in [-0.15, -0.1) is 0 Å². The van der Waals surface area contributed by atoms with E-state index in [0.717, 1.165) is 70.0 Å². The Morgan fingerprint density at radius 2 is 1.88 bits per heavy atom. The van der Waals surface area contributed by atoms with E-state index in [1.165, 1.54) is 0 Å². The lowest BCUT2D eigenvalue weighted by Crippen LogP contribution is -2.49. The molecule has 0 radical (unpaired) electrons. The summed E-state index contributed by atoms with van der Waals surface area (Å²) in [7, 11) is 0. The molecule has 1 amide bonds. The largest absolute Gasteiger partial charge is 0.357 e. The molecule has 0 saturated carbocycles. The van der Waals surface area contributed by atoms with Gasteiger partial charge >= 0.3 is 0 Å². The van der Waals surface area contributed by atoms with Crippen LogP contribution in [-0.2, 0) is 4.79 Å². The van der Waals surface area contributed by atoms with E-state index in [0.29, 0.717) is 23.9 Å². The number of piperazine rings is 1. The van der Waals surface area contributed by atoms with Crippen molar-refractivity contribution in [1.29, 1.82) is 5.26 Å². The van der Waals surface area contributed by atoms with Crippen molar-refractivity contribution in [1.82, 2.24) is 14.8 Å². The van der Waals surface area contributed by atoms with E-state index in [4.69, 9.17) is 5.26 Å². The molecule has 0 spiro atoms. The van der Waals surface area contributed by atoms with Crippen molar-refractivity contribution in [2.24, 2.45) is 5.92 Å². The Morgan fingerprint density at radius 1 is 1.19 bits per heavy atom. The quantitative estimate of drug-likeness (QED) is 0.827. The van der Waals surface area contributed by atoms with Gasteiger partial charge in [0.15, 0.2) is 0 Å². The second kappa shape index (κ2) is 8.50. The number of nitriles is 1.